The second-order valence-corrected chi connectivity index (χ2v) is 4.42. The van der Waals surface area contributed by atoms with E-state index in [1.165, 1.54) is 0 Å². The molecular formula is C10H15N3O6. The zero-order chi connectivity index (χ0) is 14.2. The van der Waals surface area contributed by atoms with Crippen LogP contribution in [0.2, 0.25) is 0 Å². The number of hydrogen-bond donors (Lipinski definition) is 5. The van der Waals surface area contributed by atoms with Gasteiger partial charge in [-0.1, -0.05) is 0 Å². The van der Waals surface area contributed by atoms with Gasteiger partial charge in [-0.3, -0.25) is 14.3 Å². The van der Waals surface area contributed by atoms with E-state index in [9.17, 15) is 24.9 Å². The Morgan fingerprint density at radius 1 is 1.42 bits per heavy atom. The number of nitrogens with two attached hydrogens (primary N) is 1. The van der Waals surface area contributed by atoms with Gasteiger partial charge in [-0.2, -0.15) is 0 Å². The fourth-order valence-electron chi connectivity index (χ4n) is 2.06. The Balaban J connectivity index is 2.42. The van der Waals surface area contributed by atoms with E-state index in [4.69, 9.17) is 10.5 Å². The Morgan fingerprint density at radius 2 is 2.05 bits per heavy atom. The molecule has 0 radical (unpaired) electrons. The van der Waals surface area contributed by atoms with E-state index in [-0.39, 0.29) is 0 Å². The normalized spacial score (nSPS) is 29.6. The van der Waals surface area contributed by atoms with Crippen LogP contribution in [0.1, 0.15) is 6.23 Å². The quantitative estimate of drug-likeness (QED) is 0.383. The van der Waals surface area contributed by atoms with Gasteiger partial charge >= 0.3 is 5.69 Å². The van der Waals surface area contributed by atoms with Gasteiger partial charge in [0.25, 0.3) is 5.56 Å². The molecule has 2 heterocycles. The average Bonchev–Trinajstić information content (AvgIpc) is 2.64. The van der Waals surface area contributed by atoms with Gasteiger partial charge in [0.05, 0.1) is 19.3 Å². The van der Waals surface area contributed by atoms with Crippen molar-refractivity contribution >= 4 is 0 Å². The number of rotatable bonds is 3. The molecule has 0 aliphatic carbocycles. The molecule has 0 bridgehead atoms. The van der Waals surface area contributed by atoms with Crippen LogP contribution in [0, 0.1) is 0 Å². The Hall–Kier alpha value is -1.52. The lowest BCUT2D eigenvalue weighted by atomic mass is 9.95. The molecule has 1 aromatic heterocycles. The topological polar surface area (TPSA) is 151 Å². The predicted octanol–water partition coefficient (Wildman–Crippen LogP) is -3.52. The van der Waals surface area contributed by atoms with E-state index < -0.39 is 48.4 Å². The standard InChI is InChI=1S/C10H15N3O6/c11-7-6(17)8(19-10(7,3-14)4-15)13-2-1-5(16)12-9(13)18/h1-2,6-8,14-15,17H,3-4,11H2,(H,12,16,18)/t6-,7+,8-/m1/s1. The van der Waals surface area contributed by atoms with Crippen molar-refractivity contribution in [3.05, 3.63) is 33.1 Å². The molecule has 19 heavy (non-hydrogen) atoms. The first-order valence-corrected chi connectivity index (χ1v) is 5.60. The van der Waals surface area contributed by atoms with Crippen molar-refractivity contribution in [2.24, 2.45) is 5.73 Å². The molecule has 0 saturated carbocycles. The fourth-order valence-corrected chi connectivity index (χ4v) is 2.06. The van der Waals surface area contributed by atoms with E-state index >= 15 is 0 Å². The lowest BCUT2D eigenvalue weighted by Gasteiger charge is -2.28. The molecular weight excluding hydrogens is 258 g/mol. The lowest BCUT2D eigenvalue weighted by Crippen LogP contribution is -2.54. The largest absolute Gasteiger partial charge is 0.393 e. The predicted molar refractivity (Wildman–Crippen MR) is 62.3 cm³/mol. The Morgan fingerprint density at radius 3 is 2.53 bits per heavy atom. The van der Waals surface area contributed by atoms with Gasteiger partial charge in [0, 0.05) is 12.3 Å². The zero-order valence-corrected chi connectivity index (χ0v) is 9.89. The summed E-state index contributed by atoms with van der Waals surface area (Å²) in [6.07, 6.45) is -1.37. The van der Waals surface area contributed by atoms with Crippen LogP contribution in [0.4, 0.5) is 0 Å². The summed E-state index contributed by atoms with van der Waals surface area (Å²) < 4.78 is 6.29. The van der Waals surface area contributed by atoms with Gasteiger partial charge in [0.2, 0.25) is 0 Å². The molecule has 1 aliphatic rings. The highest BCUT2D eigenvalue weighted by molar-refractivity contribution is 5.04. The highest BCUT2D eigenvalue weighted by Gasteiger charge is 2.53. The van der Waals surface area contributed by atoms with E-state index in [2.05, 4.69) is 0 Å². The number of hydrogen-bond acceptors (Lipinski definition) is 7. The summed E-state index contributed by atoms with van der Waals surface area (Å²) in [5.41, 5.74) is 2.79. The minimum absolute atomic E-state index is 0.589. The van der Waals surface area contributed by atoms with Crippen molar-refractivity contribution in [2.75, 3.05) is 13.2 Å². The maximum Gasteiger partial charge on any atom is 0.330 e. The molecule has 1 aliphatic heterocycles. The van der Waals surface area contributed by atoms with Crippen LogP contribution in [0.3, 0.4) is 0 Å². The van der Waals surface area contributed by atoms with E-state index in [0.29, 0.717) is 0 Å². The molecule has 1 fully saturated rings. The summed E-state index contributed by atoms with van der Waals surface area (Å²) in [7, 11) is 0. The van der Waals surface area contributed by atoms with E-state index in [1.807, 2.05) is 4.98 Å². The smallest absolute Gasteiger partial charge is 0.330 e. The number of aromatic nitrogens is 2. The molecule has 1 saturated heterocycles. The molecule has 1 aromatic rings. The molecule has 6 N–H and O–H groups in total. The first kappa shape index (κ1) is 13.9. The second kappa shape index (κ2) is 4.87. The minimum Gasteiger partial charge on any atom is -0.393 e. The number of ether oxygens (including phenoxy) is 1. The summed E-state index contributed by atoms with van der Waals surface area (Å²) in [5, 5.41) is 28.5. The summed E-state index contributed by atoms with van der Waals surface area (Å²) in [5.74, 6) is 0. The molecule has 106 valence electrons. The van der Waals surface area contributed by atoms with Crippen molar-refractivity contribution in [1.82, 2.24) is 9.55 Å². The summed E-state index contributed by atoms with van der Waals surface area (Å²) in [6, 6.07) is 0.00675. The molecule has 3 atom stereocenters. The SMILES string of the molecule is N[C@H]1[C@@H](O)[C@H](n2ccc(=O)[nH]c2=O)OC1(CO)CO. The summed E-state index contributed by atoms with van der Waals surface area (Å²) in [6.45, 7) is -1.23. The first-order chi connectivity index (χ1) is 8.95. The lowest BCUT2D eigenvalue weighted by molar-refractivity contribution is -0.132. The molecule has 0 amide bonds. The van der Waals surface area contributed by atoms with Gasteiger partial charge in [0.1, 0.15) is 11.7 Å². The maximum atomic E-state index is 11.6. The minimum atomic E-state index is -1.54. The van der Waals surface area contributed by atoms with Crippen molar-refractivity contribution in [2.45, 2.75) is 24.0 Å². The van der Waals surface area contributed by atoms with Crippen LogP contribution < -0.4 is 17.0 Å². The molecule has 2 rings (SSSR count). The second-order valence-electron chi connectivity index (χ2n) is 4.42. The molecule has 0 unspecified atom stereocenters. The molecule has 9 heteroatoms. The van der Waals surface area contributed by atoms with Gasteiger partial charge in [-0.15, -0.1) is 0 Å². The van der Waals surface area contributed by atoms with Crippen molar-refractivity contribution in [3.8, 4) is 0 Å². The molecule has 9 nitrogen and oxygen atoms in total. The van der Waals surface area contributed by atoms with Crippen LogP contribution in [-0.2, 0) is 4.74 Å². The van der Waals surface area contributed by atoms with Crippen molar-refractivity contribution in [3.63, 3.8) is 0 Å². The fraction of sp³-hybridized carbons (Fsp3) is 0.600. The summed E-state index contributed by atoms with van der Waals surface area (Å²) >= 11 is 0. The van der Waals surface area contributed by atoms with Crippen LogP contribution in [0.5, 0.6) is 0 Å². The monoisotopic (exact) mass is 273 g/mol. The number of aromatic amines is 1. The highest BCUT2D eigenvalue weighted by Crippen LogP contribution is 2.34. The Labute approximate surface area is 106 Å². The third-order valence-corrected chi connectivity index (χ3v) is 3.28. The third kappa shape index (κ3) is 2.11. The van der Waals surface area contributed by atoms with Crippen molar-refractivity contribution < 1.29 is 20.1 Å². The average molecular weight is 273 g/mol. The highest BCUT2D eigenvalue weighted by atomic mass is 16.6. The van der Waals surface area contributed by atoms with Crippen LogP contribution in [0.25, 0.3) is 0 Å². The van der Waals surface area contributed by atoms with Gasteiger partial charge < -0.3 is 25.8 Å². The van der Waals surface area contributed by atoms with Gasteiger partial charge in [0.15, 0.2) is 6.23 Å². The van der Waals surface area contributed by atoms with Gasteiger partial charge in [-0.25, -0.2) is 4.79 Å². The maximum absolute atomic E-state index is 11.6. The van der Waals surface area contributed by atoms with Crippen LogP contribution in [-0.4, -0.2) is 55.8 Å². The number of aliphatic hydroxyl groups excluding tert-OH is 3. The number of aliphatic hydroxyl groups is 3. The zero-order valence-electron chi connectivity index (χ0n) is 9.89. The number of H-pyrrole nitrogens is 1. The molecule has 0 aromatic carbocycles. The van der Waals surface area contributed by atoms with Gasteiger partial charge in [-0.05, 0) is 0 Å². The summed E-state index contributed by atoms with van der Waals surface area (Å²) in [4.78, 5) is 24.6. The Kier molecular flexibility index (Phi) is 3.56. The Bertz CT molecular complexity index is 563. The molecule has 0 spiro atoms. The van der Waals surface area contributed by atoms with E-state index in [0.717, 1.165) is 16.8 Å². The van der Waals surface area contributed by atoms with Crippen LogP contribution >= 0.6 is 0 Å². The number of nitrogens with zero attached hydrogens (tertiary/aromatic N) is 1. The first-order valence-electron chi connectivity index (χ1n) is 5.60. The van der Waals surface area contributed by atoms with E-state index in [1.54, 1.807) is 0 Å². The third-order valence-electron chi connectivity index (χ3n) is 3.28. The van der Waals surface area contributed by atoms with Crippen molar-refractivity contribution in [1.29, 1.82) is 0 Å². The number of nitrogens with one attached hydrogen (secondary N) is 1. The van der Waals surface area contributed by atoms with Crippen LogP contribution in [0.15, 0.2) is 21.9 Å².